The minimum absolute atomic E-state index is 0.343. The Hall–Kier alpha value is -1.66. The number of aliphatic hydroxyl groups is 1. The van der Waals surface area contributed by atoms with Gasteiger partial charge in [-0.25, -0.2) is 9.37 Å². The van der Waals surface area contributed by atoms with Crippen molar-refractivity contribution in [3.05, 3.63) is 41.2 Å². The summed E-state index contributed by atoms with van der Waals surface area (Å²) in [4.78, 5) is 8.70. The largest absolute Gasteiger partial charge is 0.389 e. The Morgan fingerprint density at radius 3 is 2.57 bits per heavy atom. The van der Waals surface area contributed by atoms with Gasteiger partial charge >= 0.3 is 0 Å². The molecule has 4 nitrogen and oxygen atoms in total. The quantitative estimate of drug-likeness (QED) is 0.946. The fourth-order valence-electron chi connectivity index (χ4n) is 2.73. The number of piperazine rings is 1. The summed E-state index contributed by atoms with van der Waals surface area (Å²) < 4.78 is 14.0. The zero-order valence-corrected chi connectivity index (χ0v) is 12.7. The number of halogens is 1. The predicted molar refractivity (Wildman–Crippen MR) is 83.6 cm³/mol. The fourth-order valence-corrected chi connectivity index (χ4v) is 3.42. The number of benzene rings is 1. The Balaban J connectivity index is 1.77. The van der Waals surface area contributed by atoms with Crippen LogP contribution in [0.2, 0.25) is 0 Å². The predicted octanol–water partition coefficient (Wildman–Crippen LogP) is 2.66. The summed E-state index contributed by atoms with van der Waals surface area (Å²) in [6, 6.07) is 4.98. The summed E-state index contributed by atoms with van der Waals surface area (Å²) in [7, 11) is 0. The van der Waals surface area contributed by atoms with E-state index in [0.29, 0.717) is 5.56 Å². The topological polar surface area (TPSA) is 39.6 Å². The van der Waals surface area contributed by atoms with Crippen LogP contribution in [0.3, 0.4) is 0 Å². The maximum absolute atomic E-state index is 14.0. The molecule has 0 aliphatic carbocycles. The molecule has 3 rings (SSSR count). The lowest BCUT2D eigenvalue weighted by Crippen LogP contribution is -2.47. The minimum Gasteiger partial charge on any atom is -0.389 e. The minimum atomic E-state index is -0.807. The van der Waals surface area contributed by atoms with Crippen molar-refractivity contribution < 1.29 is 9.50 Å². The number of thiazole rings is 1. The molecule has 1 aromatic heterocycles. The van der Waals surface area contributed by atoms with Crippen molar-refractivity contribution in [2.24, 2.45) is 0 Å². The van der Waals surface area contributed by atoms with Crippen LogP contribution >= 0.6 is 11.3 Å². The molecule has 1 aliphatic heterocycles. The Bertz CT molecular complexity index is 595. The standard InChI is InChI=1S/C15H18FN3OS/c1-11(20)14-12(16)3-2-4-13(14)18-6-8-19(9-7-18)15-17-5-10-21-15/h2-5,10-11,20H,6-9H2,1H3/t11-/m0/s1. The first-order valence-corrected chi connectivity index (χ1v) is 7.90. The number of nitrogens with zero attached hydrogens (tertiary/aromatic N) is 3. The van der Waals surface area contributed by atoms with Gasteiger partial charge in [0.1, 0.15) is 5.82 Å². The molecule has 0 radical (unpaired) electrons. The Labute approximate surface area is 127 Å². The highest BCUT2D eigenvalue weighted by molar-refractivity contribution is 7.13. The van der Waals surface area contributed by atoms with Crippen molar-refractivity contribution in [1.29, 1.82) is 0 Å². The van der Waals surface area contributed by atoms with E-state index < -0.39 is 6.10 Å². The summed E-state index contributed by atoms with van der Waals surface area (Å²) in [5.74, 6) is -0.343. The highest BCUT2D eigenvalue weighted by atomic mass is 32.1. The molecule has 1 aliphatic rings. The molecule has 1 atom stereocenters. The average Bonchev–Trinajstić information content (AvgIpc) is 3.01. The molecular weight excluding hydrogens is 289 g/mol. The van der Waals surface area contributed by atoms with Crippen LogP contribution in [0, 0.1) is 5.82 Å². The number of rotatable bonds is 3. The van der Waals surface area contributed by atoms with Crippen LogP contribution in [0.25, 0.3) is 0 Å². The molecule has 1 aromatic carbocycles. The maximum Gasteiger partial charge on any atom is 0.185 e. The van der Waals surface area contributed by atoms with E-state index in [0.717, 1.165) is 37.0 Å². The van der Waals surface area contributed by atoms with Crippen molar-refractivity contribution in [3.63, 3.8) is 0 Å². The maximum atomic E-state index is 14.0. The van der Waals surface area contributed by atoms with Crippen LogP contribution in [-0.2, 0) is 0 Å². The van der Waals surface area contributed by atoms with Gasteiger partial charge in [0.2, 0.25) is 0 Å². The van der Waals surface area contributed by atoms with E-state index >= 15 is 0 Å². The summed E-state index contributed by atoms with van der Waals surface area (Å²) >= 11 is 1.63. The molecular formula is C15H18FN3OS. The first-order valence-electron chi connectivity index (χ1n) is 7.02. The van der Waals surface area contributed by atoms with Gasteiger partial charge in [-0.05, 0) is 19.1 Å². The average molecular weight is 307 g/mol. The summed E-state index contributed by atoms with van der Waals surface area (Å²) in [5, 5.41) is 12.8. The number of aliphatic hydroxyl groups excluding tert-OH is 1. The van der Waals surface area contributed by atoms with Gasteiger partial charge in [0.15, 0.2) is 5.13 Å². The van der Waals surface area contributed by atoms with E-state index in [1.807, 2.05) is 17.6 Å². The van der Waals surface area contributed by atoms with Crippen LogP contribution in [-0.4, -0.2) is 36.3 Å². The Kier molecular flexibility index (Phi) is 4.07. The molecule has 2 heterocycles. The Morgan fingerprint density at radius 1 is 1.24 bits per heavy atom. The molecule has 0 spiro atoms. The van der Waals surface area contributed by atoms with Crippen molar-refractivity contribution in [1.82, 2.24) is 4.98 Å². The second-order valence-electron chi connectivity index (χ2n) is 5.14. The number of aromatic nitrogens is 1. The van der Waals surface area contributed by atoms with E-state index in [2.05, 4.69) is 14.8 Å². The van der Waals surface area contributed by atoms with Crippen LogP contribution in [0.5, 0.6) is 0 Å². The van der Waals surface area contributed by atoms with E-state index in [1.165, 1.54) is 6.07 Å². The second kappa shape index (κ2) is 5.99. The molecule has 1 N–H and O–H groups in total. The van der Waals surface area contributed by atoms with Gasteiger partial charge in [-0.2, -0.15) is 0 Å². The third-order valence-corrected chi connectivity index (χ3v) is 4.59. The van der Waals surface area contributed by atoms with Gasteiger partial charge in [-0.1, -0.05) is 6.07 Å². The smallest absolute Gasteiger partial charge is 0.185 e. The summed E-state index contributed by atoms with van der Waals surface area (Å²) in [5.41, 5.74) is 1.18. The lowest BCUT2D eigenvalue weighted by Gasteiger charge is -2.37. The zero-order valence-electron chi connectivity index (χ0n) is 11.9. The number of anilines is 2. The van der Waals surface area contributed by atoms with Gasteiger partial charge in [-0.15, -0.1) is 11.3 Å². The van der Waals surface area contributed by atoms with Crippen molar-refractivity contribution in [2.45, 2.75) is 13.0 Å². The summed E-state index contributed by atoms with van der Waals surface area (Å²) in [6.07, 6.45) is 1.00. The fraction of sp³-hybridized carbons (Fsp3) is 0.400. The monoisotopic (exact) mass is 307 g/mol. The van der Waals surface area contributed by atoms with E-state index in [4.69, 9.17) is 0 Å². The second-order valence-corrected chi connectivity index (χ2v) is 6.01. The molecule has 0 unspecified atom stereocenters. The van der Waals surface area contributed by atoms with Gasteiger partial charge in [0, 0.05) is 49.0 Å². The van der Waals surface area contributed by atoms with E-state index in [9.17, 15) is 9.50 Å². The highest BCUT2D eigenvalue weighted by Gasteiger charge is 2.23. The molecule has 2 aromatic rings. The SMILES string of the molecule is C[C@H](O)c1c(F)cccc1N1CCN(c2nccs2)CC1. The first-order chi connectivity index (χ1) is 10.2. The number of hydrogen-bond acceptors (Lipinski definition) is 5. The van der Waals surface area contributed by atoms with E-state index in [-0.39, 0.29) is 5.82 Å². The van der Waals surface area contributed by atoms with Crippen molar-refractivity contribution in [2.75, 3.05) is 36.0 Å². The third kappa shape index (κ3) is 2.87. The third-order valence-electron chi connectivity index (χ3n) is 3.76. The van der Waals surface area contributed by atoms with Crippen LogP contribution < -0.4 is 9.80 Å². The van der Waals surface area contributed by atoms with Crippen molar-refractivity contribution >= 4 is 22.2 Å². The molecule has 1 saturated heterocycles. The molecule has 0 saturated carbocycles. The van der Waals surface area contributed by atoms with Gasteiger partial charge in [-0.3, -0.25) is 0 Å². The van der Waals surface area contributed by atoms with Gasteiger partial charge in [0.05, 0.1) is 6.10 Å². The zero-order chi connectivity index (χ0) is 14.8. The van der Waals surface area contributed by atoms with Gasteiger partial charge in [0.25, 0.3) is 0 Å². The first kappa shape index (κ1) is 14.3. The molecule has 0 bridgehead atoms. The molecule has 21 heavy (non-hydrogen) atoms. The number of hydrogen-bond donors (Lipinski definition) is 1. The van der Waals surface area contributed by atoms with E-state index in [1.54, 1.807) is 24.3 Å². The molecule has 1 fully saturated rings. The Morgan fingerprint density at radius 2 is 1.95 bits per heavy atom. The van der Waals surface area contributed by atoms with Crippen LogP contribution in [0.1, 0.15) is 18.6 Å². The summed E-state index contributed by atoms with van der Waals surface area (Å²) in [6.45, 7) is 4.89. The van der Waals surface area contributed by atoms with Crippen LogP contribution in [0.15, 0.2) is 29.8 Å². The van der Waals surface area contributed by atoms with Crippen molar-refractivity contribution in [3.8, 4) is 0 Å². The lowest BCUT2D eigenvalue weighted by atomic mass is 10.1. The van der Waals surface area contributed by atoms with Gasteiger partial charge < -0.3 is 14.9 Å². The molecule has 0 amide bonds. The lowest BCUT2D eigenvalue weighted by molar-refractivity contribution is 0.194. The van der Waals surface area contributed by atoms with Crippen LogP contribution in [0.4, 0.5) is 15.2 Å². The molecule has 6 heteroatoms. The highest BCUT2D eigenvalue weighted by Crippen LogP contribution is 2.30. The normalized spacial score (nSPS) is 17.1. The molecule has 112 valence electrons.